The number of hydrogen-bond donors (Lipinski definition) is 1. The van der Waals surface area contributed by atoms with Crippen LogP contribution in [-0.4, -0.2) is 20.5 Å². The highest BCUT2D eigenvalue weighted by Gasteiger charge is 2.16. The van der Waals surface area contributed by atoms with Gasteiger partial charge in [-0.2, -0.15) is 0 Å². The Kier molecular flexibility index (Phi) is 4.27. The molecule has 1 heterocycles. The predicted octanol–water partition coefficient (Wildman–Crippen LogP) is 2.72. The van der Waals surface area contributed by atoms with Crippen LogP contribution in [0.3, 0.4) is 0 Å². The molecule has 1 N–H and O–H groups in total. The molecule has 0 aliphatic carbocycles. The van der Waals surface area contributed by atoms with Crippen LogP contribution in [0.5, 0.6) is 5.75 Å². The largest absolute Gasteiger partial charge is 0.497 e. The molecule has 5 nitrogen and oxygen atoms in total. The van der Waals surface area contributed by atoms with E-state index in [1.54, 1.807) is 43.8 Å². The number of sulfonamides is 1. The molecule has 3 aromatic rings. The maximum Gasteiger partial charge on any atom is 0.241 e. The van der Waals surface area contributed by atoms with Crippen molar-refractivity contribution in [1.29, 1.82) is 0 Å². The molecule has 118 valence electrons. The number of ether oxygens (including phenoxy) is 1. The number of nitrogens with one attached hydrogen (secondary N) is 1. The van der Waals surface area contributed by atoms with Gasteiger partial charge >= 0.3 is 0 Å². The molecule has 0 saturated heterocycles. The van der Waals surface area contributed by atoms with Crippen molar-refractivity contribution in [1.82, 2.24) is 9.71 Å². The maximum absolute atomic E-state index is 12.6. The Bertz CT molecular complexity index is 934. The smallest absolute Gasteiger partial charge is 0.241 e. The summed E-state index contributed by atoms with van der Waals surface area (Å²) in [5.41, 5.74) is 0.829. The molecule has 0 bridgehead atoms. The van der Waals surface area contributed by atoms with Crippen LogP contribution < -0.4 is 9.46 Å². The third-order valence-electron chi connectivity index (χ3n) is 3.53. The lowest BCUT2D eigenvalue weighted by atomic mass is 10.2. The van der Waals surface area contributed by atoms with Crippen LogP contribution in [0.4, 0.5) is 0 Å². The lowest BCUT2D eigenvalue weighted by Gasteiger charge is -2.10. The fourth-order valence-electron chi connectivity index (χ4n) is 2.37. The van der Waals surface area contributed by atoms with Crippen LogP contribution >= 0.6 is 0 Å². The summed E-state index contributed by atoms with van der Waals surface area (Å²) in [6.07, 6.45) is 3.24. The van der Waals surface area contributed by atoms with Gasteiger partial charge in [0, 0.05) is 29.7 Å². The second-order valence-corrected chi connectivity index (χ2v) is 6.76. The summed E-state index contributed by atoms with van der Waals surface area (Å²) in [5.74, 6) is 0.693. The van der Waals surface area contributed by atoms with Gasteiger partial charge in [0.1, 0.15) is 5.75 Å². The summed E-state index contributed by atoms with van der Waals surface area (Å²) in [4.78, 5) is 4.27. The molecule has 6 heteroatoms. The number of nitrogens with zero attached hydrogens (tertiary/aromatic N) is 1. The summed E-state index contributed by atoms with van der Waals surface area (Å²) in [6.45, 7) is 0.195. The van der Waals surface area contributed by atoms with Crippen molar-refractivity contribution in [2.24, 2.45) is 0 Å². The van der Waals surface area contributed by atoms with E-state index < -0.39 is 10.0 Å². The Hall–Kier alpha value is -2.44. The maximum atomic E-state index is 12.6. The SMILES string of the molecule is COc1cccc(CNS(=O)(=O)c2cccc3cnccc23)c1. The van der Waals surface area contributed by atoms with Crippen molar-refractivity contribution in [3.63, 3.8) is 0 Å². The quantitative estimate of drug-likeness (QED) is 0.782. The second-order valence-electron chi connectivity index (χ2n) is 5.03. The van der Waals surface area contributed by atoms with Crippen molar-refractivity contribution in [3.8, 4) is 5.75 Å². The summed E-state index contributed by atoms with van der Waals surface area (Å²) in [7, 11) is -2.05. The van der Waals surface area contributed by atoms with Crippen molar-refractivity contribution in [3.05, 3.63) is 66.5 Å². The molecular weight excluding hydrogens is 312 g/mol. The summed E-state index contributed by atoms with van der Waals surface area (Å²) < 4.78 is 33.0. The lowest BCUT2D eigenvalue weighted by Crippen LogP contribution is -2.23. The van der Waals surface area contributed by atoms with Crippen molar-refractivity contribution < 1.29 is 13.2 Å². The molecule has 23 heavy (non-hydrogen) atoms. The van der Waals surface area contributed by atoms with Gasteiger partial charge in [-0.25, -0.2) is 13.1 Å². The predicted molar refractivity (Wildman–Crippen MR) is 88.8 cm³/mol. The minimum Gasteiger partial charge on any atom is -0.497 e. The first kappa shape index (κ1) is 15.5. The summed E-state index contributed by atoms with van der Waals surface area (Å²) in [6, 6.07) is 14.1. The van der Waals surface area contributed by atoms with Gasteiger partial charge in [0.15, 0.2) is 0 Å². The first-order valence-electron chi connectivity index (χ1n) is 7.05. The zero-order valence-corrected chi connectivity index (χ0v) is 13.4. The Labute approximate surface area is 135 Å². The van der Waals surface area contributed by atoms with E-state index in [4.69, 9.17) is 4.74 Å². The van der Waals surface area contributed by atoms with E-state index in [0.717, 1.165) is 10.9 Å². The Morgan fingerprint density at radius 3 is 2.78 bits per heavy atom. The molecule has 3 rings (SSSR count). The van der Waals surface area contributed by atoms with Crippen molar-refractivity contribution in [2.45, 2.75) is 11.4 Å². The van der Waals surface area contributed by atoms with E-state index in [9.17, 15) is 8.42 Å². The Balaban J connectivity index is 1.89. The molecule has 0 amide bonds. The van der Waals surface area contributed by atoms with Gasteiger partial charge in [-0.3, -0.25) is 4.98 Å². The number of pyridine rings is 1. The summed E-state index contributed by atoms with van der Waals surface area (Å²) >= 11 is 0. The van der Waals surface area contributed by atoms with Gasteiger partial charge in [0.25, 0.3) is 0 Å². The van der Waals surface area contributed by atoms with Gasteiger partial charge in [-0.1, -0.05) is 24.3 Å². The van der Waals surface area contributed by atoms with Crippen LogP contribution in [0.1, 0.15) is 5.56 Å². The normalized spacial score (nSPS) is 11.5. The number of hydrogen-bond acceptors (Lipinski definition) is 4. The zero-order chi connectivity index (χ0) is 16.3. The van der Waals surface area contributed by atoms with Gasteiger partial charge in [-0.15, -0.1) is 0 Å². The van der Waals surface area contributed by atoms with Crippen molar-refractivity contribution >= 4 is 20.8 Å². The average molecular weight is 328 g/mol. The van der Waals surface area contributed by atoms with Crippen LogP contribution in [0.2, 0.25) is 0 Å². The van der Waals surface area contributed by atoms with Gasteiger partial charge in [0.05, 0.1) is 12.0 Å². The first-order valence-corrected chi connectivity index (χ1v) is 8.54. The molecule has 0 unspecified atom stereocenters. The molecule has 0 saturated carbocycles. The first-order chi connectivity index (χ1) is 11.1. The Morgan fingerprint density at radius 1 is 1.13 bits per heavy atom. The van der Waals surface area contributed by atoms with Crippen molar-refractivity contribution in [2.75, 3.05) is 7.11 Å². The van der Waals surface area contributed by atoms with E-state index in [1.807, 2.05) is 24.3 Å². The van der Waals surface area contributed by atoms with E-state index in [1.165, 1.54) is 0 Å². The van der Waals surface area contributed by atoms with E-state index in [-0.39, 0.29) is 11.4 Å². The standard InChI is InChI=1S/C17H16N2O3S/c1-22-15-6-2-4-13(10-15)11-19-23(20,21)17-7-3-5-14-12-18-9-8-16(14)17/h2-10,12,19H,11H2,1H3. The van der Waals surface area contributed by atoms with E-state index >= 15 is 0 Å². The van der Waals surface area contributed by atoms with Gasteiger partial charge < -0.3 is 4.74 Å². The fraction of sp³-hybridized carbons (Fsp3) is 0.118. The molecule has 0 aliphatic rings. The minimum atomic E-state index is -3.62. The molecule has 2 aromatic carbocycles. The molecule has 0 spiro atoms. The number of fused-ring (bicyclic) bond motifs is 1. The van der Waals surface area contributed by atoms with Crippen LogP contribution in [0.25, 0.3) is 10.8 Å². The highest BCUT2D eigenvalue weighted by Crippen LogP contribution is 2.22. The Morgan fingerprint density at radius 2 is 1.96 bits per heavy atom. The third kappa shape index (κ3) is 3.33. The van der Waals surface area contributed by atoms with Crippen LogP contribution in [0.15, 0.2) is 65.8 Å². The monoisotopic (exact) mass is 328 g/mol. The van der Waals surface area contributed by atoms with Gasteiger partial charge in [-0.05, 0) is 29.8 Å². The molecule has 0 fully saturated rings. The summed E-state index contributed by atoms with van der Waals surface area (Å²) in [5, 5.41) is 1.44. The number of aromatic nitrogens is 1. The fourth-order valence-corrected chi connectivity index (χ4v) is 3.61. The molecule has 0 radical (unpaired) electrons. The van der Waals surface area contributed by atoms with Crippen LogP contribution in [-0.2, 0) is 16.6 Å². The topological polar surface area (TPSA) is 68.3 Å². The van der Waals surface area contributed by atoms with Gasteiger partial charge in [0.2, 0.25) is 10.0 Å². The number of methoxy groups -OCH3 is 1. The third-order valence-corrected chi connectivity index (χ3v) is 4.99. The molecular formula is C17H16N2O3S. The minimum absolute atomic E-state index is 0.195. The number of rotatable bonds is 5. The molecule has 1 aromatic heterocycles. The molecule has 0 aliphatic heterocycles. The highest BCUT2D eigenvalue weighted by atomic mass is 32.2. The highest BCUT2D eigenvalue weighted by molar-refractivity contribution is 7.89. The second kappa shape index (κ2) is 6.36. The lowest BCUT2D eigenvalue weighted by molar-refractivity contribution is 0.414. The van der Waals surface area contributed by atoms with E-state index in [0.29, 0.717) is 11.1 Å². The average Bonchev–Trinajstić information content (AvgIpc) is 2.60. The number of benzene rings is 2. The van der Waals surface area contributed by atoms with Crippen LogP contribution in [0, 0.1) is 0 Å². The molecule has 0 atom stereocenters. The zero-order valence-electron chi connectivity index (χ0n) is 12.6. The van der Waals surface area contributed by atoms with E-state index in [2.05, 4.69) is 9.71 Å².